The van der Waals surface area contributed by atoms with Gasteiger partial charge >= 0.3 is 0 Å². The second kappa shape index (κ2) is 10.2. The first-order chi connectivity index (χ1) is 17.7. The van der Waals surface area contributed by atoms with E-state index in [9.17, 15) is 29.4 Å². The van der Waals surface area contributed by atoms with Gasteiger partial charge in [0.2, 0.25) is 5.91 Å². The highest BCUT2D eigenvalue weighted by atomic mass is 16.3. The van der Waals surface area contributed by atoms with Crippen LogP contribution in [0.5, 0.6) is 0 Å². The van der Waals surface area contributed by atoms with Gasteiger partial charge in [-0.15, -0.1) is 0 Å². The Morgan fingerprint density at radius 2 is 1.86 bits per heavy atom. The number of ketones is 2. The monoisotopic (exact) mass is 510 g/mol. The van der Waals surface area contributed by atoms with Crippen LogP contribution in [0.15, 0.2) is 35.6 Å². The number of carbonyl (C=O) groups is 4. The molecule has 2 bridgehead atoms. The van der Waals surface area contributed by atoms with Gasteiger partial charge < -0.3 is 20.8 Å². The molecule has 0 unspecified atom stereocenters. The Morgan fingerprint density at radius 3 is 2.62 bits per heavy atom. The number of Topliss-reactive ketones (excluding diaryl/α,β-unsaturated/α-hetero) is 2. The molecule has 0 aromatic rings. The van der Waals surface area contributed by atoms with E-state index >= 15 is 0 Å². The topological polar surface area (TPSA) is 133 Å². The van der Waals surface area contributed by atoms with Crippen molar-refractivity contribution >= 4 is 23.4 Å². The molecule has 0 aromatic carbocycles. The molecule has 8 nitrogen and oxygen atoms in total. The van der Waals surface area contributed by atoms with Gasteiger partial charge in [0.1, 0.15) is 23.2 Å². The second-order valence-corrected chi connectivity index (χ2v) is 11.7. The molecule has 4 fully saturated rings. The Balaban J connectivity index is 1.47. The molecule has 200 valence electrons. The third-order valence-corrected chi connectivity index (χ3v) is 9.99. The average Bonchev–Trinajstić information content (AvgIpc) is 3.48. The fourth-order valence-corrected chi connectivity index (χ4v) is 8.25. The zero-order chi connectivity index (χ0) is 26.4. The first-order valence-corrected chi connectivity index (χ1v) is 13.8. The van der Waals surface area contributed by atoms with E-state index in [-0.39, 0.29) is 53.9 Å². The largest absolute Gasteiger partial charge is 0.507 e. The number of hydrogen-bond acceptors (Lipinski definition) is 6. The first kappa shape index (κ1) is 25.9. The van der Waals surface area contributed by atoms with Gasteiger partial charge in [0.15, 0.2) is 5.78 Å². The van der Waals surface area contributed by atoms with E-state index in [1.807, 2.05) is 6.08 Å². The van der Waals surface area contributed by atoms with Crippen LogP contribution in [-0.4, -0.2) is 52.3 Å². The van der Waals surface area contributed by atoms with Gasteiger partial charge in [0, 0.05) is 18.9 Å². The maximum absolute atomic E-state index is 13.5. The van der Waals surface area contributed by atoms with Crippen LogP contribution in [0, 0.1) is 47.3 Å². The molecule has 3 aliphatic carbocycles. The number of rotatable bonds is 1. The molecule has 37 heavy (non-hydrogen) atoms. The van der Waals surface area contributed by atoms with E-state index in [1.165, 1.54) is 18.6 Å². The molecule has 10 atom stereocenters. The molecule has 5 rings (SSSR count). The Kier molecular flexibility index (Phi) is 7.14. The summed E-state index contributed by atoms with van der Waals surface area (Å²) in [6.07, 6.45) is 9.70. The molecule has 2 aliphatic heterocycles. The third-order valence-electron chi connectivity index (χ3n) is 9.99. The SMILES string of the molecule is CC[C@H]1C[C@H]2C[C@@H]3[C@@H]4C/C=C\C(=O)NCC[C@@H](O)[C@@H]5NC(=O)C(=C(O)/C=C/[C@H]4CC(=O)[C@H]3[C@@H]2[C@H]1C)C5=O. The van der Waals surface area contributed by atoms with Crippen molar-refractivity contribution in [2.24, 2.45) is 47.3 Å². The van der Waals surface area contributed by atoms with Crippen molar-refractivity contribution in [3.63, 3.8) is 0 Å². The number of aliphatic hydroxyl groups is 2. The number of hydrogen-bond donors (Lipinski definition) is 4. The summed E-state index contributed by atoms with van der Waals surface area (Å²) in [7, 11) is 0. The van der Waals surface area contributed by atoms with Crippen LogP contribution >= 0.6 is 0 Å². The molecule has 0 radical (unpaired) electrons. The second-order valence-electron chi connectivity index (χ2n) is 11.7. The van der Waals surface area contributed by atoms with E-state index in [0.29, 0.717) is 36.5 Å². The van der Waals surface area contributed by atoms with Gasteiger partial charge in [-0.3, -0.25) is 19.2 Å². The maximum Gasteiger partial charge on any atom is 0.259 e. The lowest BCUT2D eigenvalue weighted by atomic mass is 9.63. The van der Waals surface area contributed by atoms with Crippen molar-refractivity contribution in [1.82, 2.24) is 10.6 Å². The van der Waals surface area contributed by atoms with Crippen LogP contribution in [0.3, 0.4) is 0 Å². The Bertz CT molecular complexity index is 1080. The lowest BCUT2D eigenvalue weighted by Gasteiger charge is -2.40. The Labute approximate surface area is 217 Å². The maximum atomic E-state index is 13.5. The van der Waals surface area contributed by atoms with Gasteiger partial charge in [-0.1, -0.05) is 32.4 Å². The van der Waals surface area contributed by atoms with Crippen LogP contribution < -0.4 is 10.6 Å². The minimum Gasteiger partial charge on any atom is -0.507 e. The standard InChI is InChI=1S/C29H38N2O6/c1-3-15-11-17-12-19-18-5-4-6-23(35)30-10-9-21(33)27-28(36)26(29(37)31-27)20(32)8-7-16(18)13-22(34)25(19)24(17)14(15)2/h4,6-8,14-19,21,24-25,27,32-33H,3,5,9-13H2,1-2H3,(H,30,35)(H,31,37)/b6-4-,8-7+,26-20?/t14-,15-,16-,17-,18+,19+,21+,24+,25-,27-/m0/s1. The number of allylic oxidation sites excluding steroid dienone is 3. The molecule has 3 saturated carbocycles. The van der Waals surface area contributed by atoms with E-state index in [1.54, 1.807) is 6.08 Å². The highest BCUT2D eigenvalue weighted by molar-refractivity contribution is 6.27. The van der Waals surface area contributed by atoms with E-state index in [0.717, 1.165) is 12.8 Å². The molecule has 8 heteroatoms. The first-order valence-electron chi connectivity index (χ1n) is 13.8. The van der Waals surface area contributed by atoms with Crippen molar-refractivity contribution in [1.29, 1.82) is 0 Å². The minimum atomic E-state index is -1.20. The summed E-state index contributed by atoms with van der Waals surface area (Å²) in [5, 5.41) is 26.3. The lowest BCUT2D eigenvalue weighted by Crippen LogP contribution is -2.42. The van der Waals surface area contributed by atoms with Gasteiger partial charge in [-0.2, -0.15) is 0 Å². The number of aliphatic hydroxyl groups excluding tert-OH is 2. The average molecular weight is 511 g/mol. The van der Waals surface area contributed by atoms with E-state index < -0.39 is 29.6 Å². The molecular formula is C29H38N2O6. The minimum absolute atomic E-state index is 0.0374. The smallest absolute Gasteiger partial charge is 0.259 e. The fraction of sp³-hybridized carbons (Fsp3) is 0.655. The number of nitrogens with one attached hydrogen (secondary N) is 2. The third kappa shape index (κ3) is 4.58. The van der Waals surface area contributed by atoms with E-state index in [2.05, 4.69) is 24.5 Å². The van der Waals surface area contributed by atoms with Gasteiger partial charge in [-0.25, -0.2) is 0 Å². The Morgan fingerprint density at radius 1 is 1.08 bits per heavy atom. The number of carbonyl (C=O) groups excluding carboxylic acids is 4. The number of amides is 2. The van der Waals surface area contributed by atoms with Crippen LogP contribution in [0.4, 0.5) is 0 Å². The van der Waals surface area contributed by atoms with Crippen molar-refractivity contribution in [3.8, 4) is 0 Å². The zero-order valence-corrected chi connectivity index (χ0v) is 21.6. The van der Waals surface area contributed by atoms with Crippen LogP contribution in [0.1, 0.15) is 52.4 Å². The quantitative estimate of drug-likeness (QED) is 0.401. The van der Waals surface area contributed by atoms with Crippen LogP contribution in [-0.2, 0) is 19.2 Å². The predicted octanol–water partition coefficient (Wildman–Crippen LogP) is 2.39. The summed E-state index contributed by atoms with van der Waals surface area (Å²) in [4.78, 5) is 51.2. The molecule has 5 aliphatic rings. The Hall–Kier alpha value is -2.74. The van der Waals surface area contributed by atoms with Crippen molar-refractivity contribution < 1.29 is 29.4 Å². The summed E-state index contributed by atoms with van der Waals surface area (Å²) in [5.41, 5.74) is -0.372. The lowest BCUT2D eigenvalue weighted by molar-refractivity contribution is -0.131. The van der Waals surface area contributed by atoms with Crippen molar-refractivity contribution in [3.05, 3.63) is 35.6 Å². The molecule has 0 aromatic heterocycles. The molecule has 0 spiro atoms. The summed E-state index contributed by atoms with van der Waals surface area (Å²) in [5.74, 6) is 0.507. The number of fused-ring (bicyclic) bond motifs is 7. The summed E-state index contributed by atoms with van der Waals surface area (Å²) in [6.45, 7) is 4.68. The molecule has 1 saturated heterocycles. The van der Waals surface area contributed by atoms with Crippen molar-refractivity contribution in [2.45, 2.75) is 64.5 Å². The van der Waals surface area contributed by atoms with E-state index in [4.69, 9.17) is 0 Å². The highest BCUT2D eigenvalue weighted by Gasteiger charge is 2.58. The molecular weight excluding hydrogens is 472 g/mol. The zero-order valence-electron chi connectivity index (χ0n) is 21.6. The highest BCUT2D eigenvalue weighted by Crippen LogP contribution is 2.61. The normalized spacial score (nSPS) is 44.1. The molecule has 4 N–H and O–H groups in total. The van der Waals surface area contributed by atoms with Gasteiger partial charge in [0.25, 0.3) is 5.91 Å². The predicted molar refractivity (Wildman–Crippen MR) is 136 cm³/mol. The summed E-state index contributed by atoms with van der Waals surface area (Å²) >= 11 is 0. The fourth-order valence-electron chi connectivity index (χ4n) is 8.25. The van der Waals surface area contributed by atoms with Gasteiger partial charge in [-0.05, 0) is 79.3 Å². The molecule has 2 heterocycles. The summed E-state index contributed by atoms with van der Waals surface area (Å²) < 4.78 is 0. The van der Waals surface area contributed by atoms with Crippen LogP contribution in [0.2, 0.25) is 0 Å². The van der Waals surface area contributed by atoms with Crippen molar-refractivity contribution in [2.75, 3.05) is 6.54 Å². The molecule has 2 amide bonds. The van der Waals surface area contributed by atoms with Crippen LogP contribution in [0.25, 0.3) is 0 Å². The summed E-state index contributed by atoms with van der Waals surface area (Å²) in [6, 6.07) is -1.17. The van der Waals surface area contributed by atoms with Gasteiger partial charge in [0.05, 0.1) is 6.10 Å².